The zero-order valence-electron chi connectivity index (χ0n) is 7.50. The third-order valence-electron chi connectivity index (χ3n) is 1.25. The fourth-order valence-electron chi connectivity index (χ4n) is 0.690. The standard InChI is InChI=1S/C10H10FNO/c1-10(2,13)6-5-9-8(11)4-3-7-12-9/h3-4,7,13H,1-2H3. The molecule has 0 unspecified atom stereocenters. The van der Waals surface area contributed by atoms with Gasteiger partial charge in [0.2, 0.25) is 0 Å². The van der Waals surface area contributed by atoms with Crippen LogP contribution in [0, 0.1) is 17.7 Å². The second-order valence-corrected chi connectivity index (χ2v) is 3.14. The maximum atomic E-state index is 12.9. The van der Waals surface area contributed by atoms with E-state index in [1.165, 1.54) is 32.2 Å². The Hall–Kier alpha value is -1.40. The van der Waals surface area contributed by atoms with Crippen LogP contribution in [0.4, 0.5) is 4.39 Å². The van der Waals surface area contributed by atoms with Crippen LogP contribution in [0.15, 0.2) is 18.3 Å². The summed E-state index contributed by atoms with van der Waals surface area (Å²) in [5.41, 5.74) is -1.06. The molecule has 0 spiro atoms. The Morgan fingerprint density at radius 3 is 2.77 bits per heavy atom. The van der Waals surface area contributed by atoms with Gasteiger partial charge in [0.15, 0.2) is 5.82 Å². The first-order valence-electron chi connectivity index (χ1n) is 3.85. The average Bonchev–Trinajstić information content (AvgIpc) is 2.01. The molecule has 0 saturated heterocycles. The largest absolute Gasteiger partial charge is 0.378 e. The lowest BCUT2D eigenvalue weighted by molar-refractivity contribution is 0.143. The molecule has 1 aromatic heterocycles. The van der Waals surface area contributed by atoms with E-state index in [1.807, 2.05) is 0 Å². The molecular weight excluding hydrogens is 169 g/mol. The summed E-state index contributed by atoms with van der Waals surface area (Å²) in [6, 6.07) is 2.77. The lowest BCUT2D eigenvalue weighted by Crippen LogP contribution is -2.14. The minimum atomic E-state index is -1.12. The predicted molar refractivity (Wildman–Crippen MR) is 47.4 cm³/mol. The topological polar surface area (TPSA) is 33.1 Å². The minimum absolute atomic E-state index is 0.0598. The lowest BCUT2D eigenvalue weighted by atomic mass is 10.1. The first-order chi connectivity index (χ1) is 5.99. The number of hydrogen-bond acceptors (Lipinski definition) is 2. The van der Waals surface area contributed by atoms with Gasteiger partial charge in [0.05, 0.1) is 0 Å². The molecule has 0 aliphatic carbocycles. The number of pyridine rings is 1. The molecule has 2 nitrogen and oxygen atoms in total. The van der Waals surface area contributed by atoms with Crippen LogP contribution in [0.2, 0.25) is 0 Å². The van der Waals surface area contributed by atoms with Crippen molar-refractivity contribution < 1.29 is 9.50 Å². The summed E-state index contributed by atoms with van der Waals surface area (Å²) >= 11 is 0. The smallest absolute Gasteiger partial charge is 0.157 e. The van der Waals surface area contributed by atoms with Crippen molar-refractivity contribution in [3.63, 3.8) is 0 Å². The van der Waals surface area contributed by atoms with E-state index in [-0.39, 0.29) is 5.69 Å². The number of aromatic nitrogens is 1. The fraction of sp³-hybridized carbons (Fsp3) is 0.300. The van der Waals surface area contributed by atoms with Gasteiger partial charge in [-0.3, -0.25) is 0 Å². The van der Waals surface area contributed by atoms with E-state index in [0.717, 1.165) is 0 Å². The Balaban J connectivity index is 2.97. The predicted octanol–water partition coefficient (Wildman–Crippen LogP) is 1.34. The van der Waals surface area contributed by atoms with E-state index >= 15 is 0 Å². The summed E-state index contributed by atoms with van der Waals surface area (Å²) in [6.45, 7) is 3.06. The van der Waals surface area contributed by atoms with Crippen molar-refractivity contribution in [3.05, 3.63) is 29.8 Å². The summed E-state index contributed by atoms with van der Waals surface area (Å²) in [4.78, 5) is 3.72. The first-order valence-corrected chi connectivity index (χ1v) is 3.85. The van der Waals surface area contributed by atoms with Crippen LogP contribution in [0.3, 0.4) is 0 Å². The Morgan fingerprint density at radius 2 is 2.23 bits per heavy atom. The second-order valence-electron chi connectivity index (χ2n) is 3.14. The van der Waals surface area contributed by atoms with E-state index in [4.69, 9.17) is 0 Å². The van der Waals surface area contributed by atoms with Crippen LogP contribution in [0.25, 0.3) is 0 Å². The van der Waals surface area contributed by atoms with Crippen molar-refractivity contribution in [2.75, 3.05) is 0 Å². The van der Waals surface area contributed by atoms with Crippen LogP contribution in [0.5, 0.6) is 0 Å². The van der Waals surface area contributed by atoms with Gasteiger partial charge in [-0.25, -0.2) is 9.37 Å². The Bertz CT molecular complexity index is 357. The molecule has 1 N–H and O–H groups in total. The van der Waals surface area contributed by atoms with Gasteiger partial charge < -0.3 is 5.11 Å². The molecule has 1 rings (SSSR count). The van der Waals surface area contributed by atoms with Gasteiger partial charge in [0.25, 0.3) is 0 Å². The van der Waals surface area contributed by atoms with Gasteiger partial charge in [0.1, 0.15) is 11.3 Å². The van der Waals surface area contributed by atoms with Crippen molar-refractivity contribution in [1.29, 1.82) is 0 Å². The quantitative estimate of drug-likeness (QED) is 0.610. The van der Waals surface area contributed by atoms with Crippen molar-refractivity contribution >= 4 is 0 Å². The molecule has 3 heteroatoms. The number of aliphatic hydroxyl groups is 1. The highest BCUT2D eigenvalue weighted by Crippen LogP contribution is 2.02. The van der Waals surface area contributed by atoms with Gasteiger partial charge in [-0.2, -0.15) is 0 Å². The molecule has 0 saturated carbocycles. The number of rotatable bonds is 0. The molecule has 0 aliphatic heterocycles. The molecular formula is C10H10FNO. The first kappa shape index (κ1) is 9.69. The van der Waals surface area contributed by atoms with Gasteiger partial charge in [-0.15, -0.1) is 0 Å². The Morgan fingerprint density at radius 1 is 1.54 bits per heavy atom. The summed E-state index contributed by atoms with van der Waals surface area (Å²) in [5, 5.41) is 9.25. The fourth-order valence-corrected chi connectivity index (χ4v) is 0.690. The average molecular weight is 179 g/mol. The highest BCUT2D eigenvalue weighted by molar-refractivity contribution is 5.30. The normalized spacial score (nSPS) is 10.5. The van der Waals surface area contributed by atoms with Gasteiger partial charge >= 0.3 is 0 Å². The van der Waals surface area contributed by atoms with Crippen molar-refractivity contribution in [3.8, 4) is 11.8 Å². The number of nitrogens with zero attached hydrogens (tertiary/aromatic N) is 1. The third-order valence-corrected chi connectivity index (χ3v) is 1.25. The molecule has 0 bridgehead atoms. The SMILES string of the molecule is CC(C)(O)C#Cc1ncccc1F. The molecule has 0 fully saturated rings. The molecule has 1 aromatic rings. The highest BCUT2D eigenvalue weighted by atomic mass is 19.1. The van der Waals surface area contributed by atoms with Crippen LogP contribution in [0.1, 0.15) is 19.5 Å². The molecule has 0 radical (unpaired) electrons. The number of hydrogen-bond donors (Lipinski definition) is 1. The maximum absolute atomic E-state index is 12.9. The van der Waals surface area contributed by atoms with Crippen LogP contribution in [-0.4, -0.2) is 15.7 Å². The second kappa shape index (κ2) is 3.55. The zero-order chi connectivity index (χ0) is 9.90. The summed E-state index contributed by atoms with van der Waals surface area (Å²) in [5.74, 6) is 4.48. The van der Waals surface area contributed by atoms with Gasteiger partial charge in [0, 0.05) is 6.20 Å². The summed E-state index contributed by atoms with van der Waals surface area (Å²) < 4.78 is 12.9. The molecule has 0 aromatic carbocycles. The van der Waals surface area contributed by atoms with Gasteiger partial charge in [-0.05, 0) is 31.9 Å². The van der Waals surface area contributed by atoms with Gasteiger partial charge in [-0.1, -0.05) is 5.92 Å². The molecule has 1 heterocycles. The van der Waals surface area contributed by atoms with E-state index in [9.17, 15) is 9.50 Å². The van der Waals surface area contributed by atoms with E-state index in [0.29, 0.717) is 0 Å². The van der Waals surface area contributed by atoms with E-state index in [1.54, 1.807) is 0 Å². The maximum Gasteiger partial charge on any atom is 0.157 e. The van der Waals surface area contributed by atoms with Crippen LogP contribution < -0.4 is 0 Å². The molecule has 13 heavy (non-hydrogen) atoms. The van der Waals surface area contributed by atoms with Crippen molar-refractivity contribution in [1.82, 2.24) is 4.98 Å². The Labute approximate surface area is 76.4 Å². The minimum Gasteiger partial charge on any atom is -0.378 e. The molecule has 0 aliphatic rings. The van der Waals surface area contributed by atoms with Crippen LogP contribution >= 0.6 is 0 Å². The van der Waals surface area contributed by atoms with E-state index in [2.05, 4.69) is 16.8 Å². The third kappa shape index (κ3) is 3.22. The van der Waals surface area contributed by atoms with Crippen molar-refractivity contribution in [2.45, 2.75) is 19.4 Å². The zero-order valence-corrected chi connectivity index (χ0v) is 7.50. The lowest BCUT2D eigenvalue weighted by Gasteiger charge is -2.05. The molecule has 68 valence electrons. The summed E-state index contributed by atoms with van der Waals surface area (Å²) in [7, 11) is 0. The monoisotopic (exact) mass is 179 g/mol. The molecule has 0 atom stereocenters. The summed E-state index contributed by atoms with van der Waals surface area (Å²) in [6.07, 6.45) is 1.46. The Kier molecular flexibility index (Phi) is 2.64. The van der Waals surface area contributed by atoms with E-state index < -0.39 is 11.4 Å². The number of halogens is 1. The molecule has 0 amide bonds. The van der Waals surface area contributed by atoms with Crippen LogP contribution in [-0.2, 0) is 0 Å². The highest BCUT2D eigenvalue weighted by Gasteiger charge is 2.06. The van der Waals surface area contributed by atoms with Crippen molar-refractivity contribution in [2.24, 2.45) is 0 Å².